The molecule has 0 radical (unpaired) electrons. The summed E-state index contributed by atoms with van der Waals surface area (Å²) in [4.78, 5) is 14.1. The van der Waals surface area contributed by atoms with Crippen LogP contribution in [0.2, 0.25) is 0 Å². The van der Waals surface area contributed by atoms with Gasteiger partial charge >= 0.3 is 5.97 Å². The van der Waals surface area contributed by atoms with Gasteiger partial charge in [-0.05, 0) is 19.1 Å². The molecule has 1 aromatic heterocycles. The molecular weight excluding hydrogens is 278 g/mol. The SMILES string of the molecule is CCOC(=O)c1cc2n(c1)CN(CCC#N)c1ccccc1-2. The van der Waals surface area contributed by atoms with Gasteiger partial charge in [0.1, 0.15) is 0 Å². The molecule has 112 valence electrons. The molecule has 0 spiro atoms. The van der Waals surface area contributed by atoms with Crippen molar-refractivity contribution in [1.29, 1.82) is 5.26 Å². The predicted molar refractivity (Wildman–Crippen MR) is 83.4 cm³/mol. The van der Waals surface area contributed by atoms with E-state index in [-0.39, 0.29) is 5.97 Å². The van der Waals surface area contributed by atoms with E-state index in [4.69, 9.17) is 10.00 Å². The van der Waals surface area contributed by atoms with Gasteiger partial charge < -0.3 is 14.2 Å². The maximum Gasteiger partial charge on any atom is 0.339 e. The van der Waals surface area contributed by atoms with Crippen LogP contribution in [0.1, 0.15) is 23.7 Å². The predicted octanol–water partition coefficient (Wildman–Crippen LogP) is 3.02. The quantitative estimate of drug-likeness (QED) is 0.814. The van der Waals surface area contributed by atoms with Gasteiger partial charge in [0.15, 0.2) is 0 Å². The van der Waals surface area contributed by atoms with Gasteiger partial charge in [0.25, 0.3) is 0 Å². The zero-order chi connectivity index (χ0) is 15.5. The number of nitriles is 1. The van der Waals surface area contributed by atoms with Gasteiger partial charge in [0, 0.05) is 24.0 Å². The summed E-state index contributed by atoms with van der Waals surface area (Å²) in [6.07, 6.45) is 2.29. The van der Waals surface area contributed by atoms with Gasteiger partial charge in [-0.15, -0.1) is 0 Å². The van der Waals surface area contributed by atoms with Crippen molar-refractivity contribution in [1.82, 2.24) is 4.57 Å². The second-order valence-corrected chi connectivity index (χ2v) is 5.13. The molecule has 0 amide bonds. The number of benzene rings is 1. The Hall–Kier alpha value is -2.74. The van der Waals surface area contributed by atoms with Crippen LogP contribution < -0.4 is 4.90 Å². The Balaban J connectivity index is 2.00. The van der Waals surface area contributed by atoms with Gasteiger partial charge in [-0.2, -0.15) is 5.26 Å². The van der Waals surface area contributed by atoms with Crippen LogP contribution in [0.15, 0.2) is 36.5 Å². The molecule has 0 atom stereocenters. The third-order valence-electron chi connectivity index (χ3n) is 3.74. The van der Waals surface area contributed by atoms with Crippen LogP contribution in [0.5, 0.6) is 0 Å². The fraction of sp³-hybridized carbons (Fsp3) is 0.294. The average Bonchev–Trinajstić information content (AvgIpc) is 2.97. The number of ether oxygens (including phenoxy) is 1. The number of fused-ring (bicyclic) bond motifs is 3. The summed E-state index contributed by atoms with van der Waals surface area (Å²) in [6.45, 7) is 3.46. The summed E-state index contributed by atoms with van der Waals surface area (Å²) >= 11 is 0. The minimum Gasteiger partial charge on any atom is -0.462 e. The fourth-order valence-electron chi connectivity index (χ4n) is 2.78. The molecule has 0 bridgehead atoms. The monoisotopic (exact) mass is 295 g/mol. The van der Waals surface area contributed by atoms with Gasteiger partial charge in [-0.1, -0.05) is 18.2 Å². The van der Waals surface area contributed by atoms with Gasteiger partial charge in [0.05, 0.1) is 37.0 Å². The van der Waals surface area contributed by atoms with Crippen LogP contribution in [0, 0.1) is 11.3 Å². The summed E-state index contributed by atoms with van der Waals surface area (Å²) in [5.74, 6) is -0.301. The largest absolute Gasteiger partial charge is 0.462 e. The van der Waals surface area contributed by atoms with Crippen LogP contribution in [0.4, 0.5) is 5.69 Å². The number of esters is 1. The average molecular weight is 295 g/mol. The van der Waals surface area contributed by atoms with E-state index in [1.807, 2.05) is 41.1 Å². The number of anilines is 1. The minimum absolute atomic E-state index is 0.301. The molecule has 5 nitrogen and oxygen atoms in total. The molecular formula is C17H17N3O2. The van der Waals surface area contributed by atoms with Crippen molar-refractivity contribution in [2.45, 2.75) is 20.0 Å². The first-order valence-corrected chi connectivity index (χ1v) is 7.33. The van der Waals surface area contributed by atoms with E-state index < -0.39 is 0 Å². The van der Waals surface area contributed by atoms with E-state index >= 15 is 0 Å². The smallest absolute Gasteiger partial charge is 0.339 e. The molecule has 1 aromatic carbocycles. The van der Waals surface area contributed by atoms with Gasteiger partial charge in [0.2, 0.25) is 0 Å². The lowest BCUT2D eigenvalue weighted by Crippen LogP contribution is -2.30. The van der Waals surface area contributed by atoms with Crippen LogP contribution in [0.3, 0.4) is 0 Å². The van der Waals surface area contributed by atoms with Crippen LogP contribution in [0.25, 0.3) is 11.3 Å². The van der Waals surface area contributed by atoms with E-state index in [1.165, 1.54) is 0 Å². The van der Waals surface area contributed by atoms with Crippen LogP contribution in [-0.2, 0) is 11.4 Å². The highest BCUT2D eigenvalue weighted by Gasteiger charge is 2.23. The molecule has 1 aliphatic heterocycles. The van der Waals surface area contributed by atoms with Gasteiger partial charge in [-0.25, -0.2) is 4.79 Å². The number of aromatic nitrogens is 1. The second-order valence-electron chi connectivity index (χ2n) is 5.13. The lowest BCUT2D eigenvalue weighted by atomic mass is 10.1. The Labute approximate surface area is 129 Å². The first kappa shape index (κ1) is 14.2. The molecule has 0 fully saturated rings. The Kier molecular flexibility index (Phi) is 3.84. The number of nitrogens with zero attached hydrogens (tertiary/aromatic N) is 3. The molecule has 0 saturated carbocycles. The highest BCUT2D eigenvalue weighted by molar-refractivity contribution is 5.92. The molecule has 2 heterocycles. The minimum atomic E-state index is -0.301. The normalized spacial score (nSPS) is 12.3. The number of carbonyl (C=O) groups is 1. The molecule has 0 aliphatic carbocycles. The topological polar surface area (TPSA) is 58.3 Å². The van der Waals surface area contributed by atoms with Crippen LogP contribution >= 0.6 is 0 Å². The number of hydrogen-bond acceptors (Lipinski definition) is 4. The lowest BCUT2D eigenvalue weighted by Gasteiger charge is -2.32. The number of hydrogen-bond donors (Lipinski definition) is 0. The van der Waals surface area contributed by atoms with Crippen molar-refractivity contribution in [3.8, 4) is 17.3 Å². The second kappa shape index (κ2) is 5.94. The van der Waals surface area contributed by atoms with Crippen molar-refractivity contribution in [2.24, 2.45) is 0 Å². The highest BCUT2D eigenvalue weighted by atomic mass is 16.5. The maximum atomic E-state index is 11.9. The maximum absolute atomic E-state index is 11.9. The Bertz CT molecular complexity index is 743. The Morgan fingerprint density at radius 3 is 3.00 bits per heavy atom. The summed E-state index contributed by atoms with van der Waals surface area (Å²) in [7, 11) is 0. The van der Waals surface area contributed by atoms with E-state index in [1.54, 1.807) is 6.92 Å². The van der Waals surface area contributed by atoms with Crippen molar-refractivity contribution in [2.75, 3.05) is 18.1 Å². The van der Waals surface area contributed by atoms with Crippen LogP contribution in [-0.4, -0.2) is 23.7 Å². The molecule has 1 aliphatic rings. The number of carbonyl (C=O) groups excluding carboxylic acids is 1. The van der Waals surface area contributed by atoms with E-state index in [0.29, 0.717) is 31.8 Å². The molecule has 2 aromatic rings. The first-order valence-electron chi connectivity index (χ1n) is 7.33. The van der Waals surface area contributed by atoms with Crippen molar-refractivity contribution >= 4 is 11.7 Å². The molecule has 0 N–H and O–H groups in total. The molecule has 5 heteroatoms. The lowest BCUT2D eigenvalue weighted by molar-refractivity contribution is 0.0526. The fourth-order valence-corrected chi connectivity index (χ4v) is 2.78. The van der Waals surface area contributed by atoms with Crippen molar-refractivity contribution < 1.29 is 9.53 Å². The number of rotatable bonds is 4. The van der Waals surface area contributed by atoms with Crippen molar-refractivity contribution in [3.05, 3.63) is 42.1 Å². The van der Waals surface area contributed by atoms with E-state index in [2.05, 4.69) is 11.0 Å². The summed E-state index contributed by atoms with van der Waals surface area (Å²) in [6, 6.07) is 12.1. The summed E-state index contributed by atoms with van der Waals surface area (Å²) in [5, 5.41) is 8.83. The molecule has 22 heavy (non-hydrogen) atoms. The zero-order valence-electron chi connectivity index (χ0n) is 12.5. The zero-order valence-corrected chi connectivity index (χ0v) is 12.5. The Morgan fingerprint density at radius 2 is 2.23 bits per heavy atom. The first-order chi connectivity index (χ1) is 10.7. The molecule has 3 rings (SSSR count). The van der Waals surface area contributed by atoms with Gasteiger partial charge in [-0.3, -0.25) is 0 Å². The van der Waals surface area contributed by atoms with Crippen molar-refractivity contribution in [3.63, 3.8) is 0 Å². The highest BCUT2D eigenvalue weighted by Crippen LogP contribution is 2.36. The van der Waals surface area contributed by atoms with E-state index in [0.717, 1.165) is 16.9 Å². The standard InChI is InChI=1S/C17H17N3O2/c1-2-22-17(21)13-10-16-14-6-3-4-7-15(14)19(9-5-8-18)12-20(16)11-13/h3-4,6-7,10-11H,2,5,9,12H2,1H3. The number of para-hydroxylation sites is 1. The molecule has 0 saturated heterocycles. The summed E-state index contributed by atoms with van der Waals surface area (Å²) < 4.78 is 7.11. The Morgan fingerprint density at radius 1 is 1.41 bits per heavy atom. The van der Waals surface area contributed by atoms with E-state index in [9.17, 15) is 4.79 Å². The third kappa shape index (κ3) is 2.44. The molecule has 0 unspecified atom stereocenters. The summed E-state index contributed by atoms with van der Waals surface area (Å²) in [5.41, 5.74) is 3.74. The third-order valence-corrected chi connectivity index (χ3v) is 3.74.